The van der Waals surface area contributed by atoms with Crippen LogP contribution in [0.4, 0.5) is 4.39 Å². The minimum atomic E-state index is -0.581. The van der Waals surface area contributed by atoms with Crippen molar-refractivity contribution >= 4 is 5.91 Å². The molecule has 4 nitrogen and oxygen atoms in total. The van der Waals surface area contributed by atoms with Gasteiger partial charge in [0.1, 0.15) is 11.6 Å². The first-order valence-electron chi connectivity index (χ1n) is 7.57. The van der Waals surface area contributed by atoms with Gasteiger partial charge in [0.2, 0.25) is 0 Å². The molecule has 0 unspecified atom stereocenters. The molecular formula is C16H23FN2O2. The fraction of sp³-hybridized carbons (Fsp3) is 0.562. The number of nitrogens with zero attached hydrogens (tertiary/aromatic N) is 1. The Morgan fingerprint density at radius 1 is 1.33 bits per heavy atom. The lowest BCUT2D eigenvalue weighted by Crippen LogP contribution is -2.37. The van der Waals surface area contributed by atoms with Gasteiger partial charge in [-0.3, -0.25) is 4.79 Å². The van der Waals surface area contributed by atoms with Crippen molar-refractivity contribution in [2.75, 3.05) is 26.2 Å². The summed E-state index contributed by atoms with van der Waals surface area (Å²) < 4.78 is 18.2. The number of halogens is 1. The van der Waals surface area contributed by atoms with Gasteiger partial charge < -0.3 is 15.0 Å². The number of benzene rings is 1. The predicted octanol–water partition coefficient (Wildman–Crippen LogP) is 2.20. The van der Waals surface area contributed by atoms with Gasteiger partial charge in [0.25, 0.3) is 5.91 Å². The van der Waals surface area contributed by atoms with Crippen LogP contribution in [0.25, 0.3) is 0 Å². The molecule has 1 amide bonds. The van der Waals surface area contributed by atoms with E-state index >= 15 is 0 Å². The fourth-order valence-corrected chi connectivity index (χ4v) is 2.44. The average Bonchev–Trinajstić information content (AvgIpc) is 2.99. The van der Waals surface area contributed by atoms with E-state index in [-0.39, 0.29) is 11.7 Å². The van der Waals surface area contributed by atoms with Crippen LogP contribution in [0.5, 0.6) is 5.75 Å². The second-order valence-corrected chi connectivity index (χ2v) is 5.41. The highest BCUT2D eigenvalue weighted by Gasteiger charge is 2.15. The molecule has 1 aromatic rings. The molecule has 1 aliphatic heterocycles. The zero-order chi connectivity index (χ0) is 15.1. The third kappa shape index (κ3) is 5.34. The van der Waals surface area contributed by atoms with E-state index in [1.807, 2.05) is 0 Å². The van der Waals surface area contributed by atoms with Crippen molar-refractivity contribution in [1.82, 2.24) is 10.2 Å². The second-order valence-electron chi connectivity index (χ2n) is 5.41. The molecule has 1 aliphatic rings. The maximum Gasteiger partial charge on any atom is 0.260 e. The van der Waals surface area contributed by atoms with Crippen molar-refractivity contribution < 1.29 is 13.9 Å². The standard InChI is InChI=1S/C16H23FN2O2/c1-13(21-15-7-5-14(17)6-8-15)16(20)18-9-4-12-19-10-2-3-11-19/h5-8,13H,2-4,9-12H2,1H3,(H,18,20)/t13-/m0/s1. The van der Waals surface area contributed by atoms with E-state index in [9.17, 15) is 9.18 Å². The number of nitrogens with one attached hydrogen (secondary N) is 1. The molecule has 116 valence electrons. The number of likely N-dealkylation sites (tertiary alicyclic amines) is 1. The molecule has 1 heterocycles. The molecule has 1 N–H and O–H groups in total. The Labute approximate surface area is 125 Å². The number of amides is 1. The molecule has 2 rings (SSSR count). The number of ether oxygens (including phenoxy) is 1. The van der Waals surface area contributed by atoms with Gasteiger partial charge >= 0.3 is 0 Å². The highest BCUT2D eigenvalue weighted by molar-refractivity contribution is 5.80. The van der Waals surface area contributed by atoms with Gasteiger partial charge in [-0.25, -0.2) is 4.39 Å². The molecular weight excluding hydrogens is 271 g/mol. The van der Waals surface area contributed by atoms with Crippen LogP contribution in [0.3, 0.4) is 0 Å². The Kier molecular flexibility index (Phi) is 5.99. The Balaban J connectivity index is 1.63. The summed E-state index contributed by atoms with van der Waals surface area (Å²) in [6.07, 6.45) is 2.95. The third-order valence-corrected chi connectivity index (χ3v) is 3.64. The minimum Gasteiger partial charge on any atom is -0.481 e. The normalized spacial score (nSPS) is 16.7. The zero-order valence-electron chi connectivity index (χ0n) is 12.5. The number of hydrogen-bond donors (Lipinski definition) is 1. The minimum absolute atomic E-state index is 0.138. The Morgan fingerprint density at radius 2 is 2.00 bits per heavy atom. The molecule has 1 atom stereocenters. The highest BCUT2D eigenvalue weighted by atomic mass is 19.1. The maximum absolute atomic E-state index is 12.8. The van der Waals surface area contributed by atoms with E-state index in [4.69, 9.17) is 4.74 Å². The number of hydrogen-bond acceptors (Lipinski definition) is 3. The lowest BCUT2D eigenvalue weighted by molar-refractivity contribution is -0.127. The van der Waals surface area contributed by atoms with Crippen LogP contribution >= 0.6 is 0 Å². The summed E-state index contributed by atoms with van der Waals surface area (Å²) in [6.45, 7) is 5.75. The monoisotopic (exact) mass is 294 g/mol. The summed E-state index contributed by atoms with van der Waals surface area (Å²) in [5.41, 5.74) is 0. The quantitative estimate of drug-likeness (QED) is 0.784. The van der Waals surface area contributed by atoms with Crippen LogP contribution in [0.2, 0.25) is 0 Å². The Bertz CT molecular complexity index is 444. The largest absolute Gasteiger partial charge is 0.481 e. The van der Waals surface area contributed by atoms with Crippen molar-refractivity contribution in [3.05, 3.63) is 30.1 Å². The zero-order valence-corrected chi connectivity index (χ0v) is 12.5. The van der Waals surface area contributed by atoms with Crippen molar-refractivity contribution in [3.8, 4) is 5.75 Å². The average molecular weight is 294 g/mol. The molecule has 1 aromatic carbocycles. The van der Waals surface area contributed by atoms with Gasteiger partial charge in [0.15, 0.2) is 6.10 Å². The van der Waals surface area contributed by atoms with Gasteiger partial charge in [0, 0.05) is 6.54 Å². The van der Waals surface area contributed by atoms with Gasteiger partial charge in [0.05, 0.1) is 0 Å². The molecule has 21 heavy (non-hydrogen) atoms. The molecule has 0 spiro atoms. The van der Waals surface area contributed by atoms with Gasteiger partial charge in [-0.1, -0.05) is 0 Å². The lowest BCUT2D eigenvalue weighted by Gasteiger charge is -2.16. The fourth-order valence-electron chi connectivity index (χ4n) is 2.44. The van der Waals surface area contributed by atoms with E-state index in [0.717, 1.165) is 13.0 Å². The van der Waals surface area contributed by atoms with E-state index in [1.165, 1.54) is 50.2 Å². The molecule has 5 heteroatoms. The number of rotatable bonds is 7. The van der Waals surface area contributed by atoms with Crippen molar-refractivity contribution in [2.24, 2.45) is 0 Å². The molecule has 0 bridgehead atoms. The molecule has 1 fully saturated rings. The smallest absolute Gasteiger partial charge is 0.260 e. The van der Waals surface area contributed by atoms with Gasteiger partial charge in [-0.05, 0) is 70.1 Å². The second kappa shape index (κ2) is 7.98. The molecule has 0 aliphatic carbocycles. The summed E-state index contributed by atoms with van der Waals surface area (Å²) >= 11 is 0. The SMILES string of the molecule is C[C@H](Oc1ccc(F)cc1)C(=O)NCCCN1CCCC1. The van der Waals surface area contributed by atoms with Crippen LogP contribution in [0.15, 0.2) is 24.3 Å². The van der Waals surface area contributed by atoms with Crippen LogP contribution in [0, 0.1) is 5.82 Å². The third-order valence-electron chi connectivity index (χ3n) is 3.64. The molecule has 0 saturated carbocycles. The first-order valence-corrected chi connectivity index (χ1v) is 7.57. The summed E-state index contributed by atoms with van der Waals surface area (Å²) in [5, 5.41) is 2.87. The topological polar surface area (TPSA) is 41.6 Å². The maximum atomic E-state index is 12.8. The Hall–Kier alpha value is -1.62. The van der Waals surface area contributed by atoms with Gasteiger partial charge in [-0.15, -0.1) is 0 Å². The van der Waals surface area contributed by atoms with Gasteiger partial charge in [-0.2, -0.15) is 0 Å². The van der Waals surface area contributed by atoms with E-state index in [1.54, 1.807) is 6.92 Å². The van der Waals surface area contributed by atoms with Crippen LogP contribution in [-0.2, 0) is 4.79 Å². The van der Waals surface area contributed by atoms with E-state index < -0.39 is 6.10 Å². The van der Waals surface area contributed by atoms with Crippen molar-refractivity contribution in [2.45, 2.75) is 32.3 Å². The summed E-state index contributed by atoms with van der Waals surface area (Å²) in [4.78, 5) is 14.3. The van der Waals surface area contributed by atoms with Crippen LogP contribution in [0.1, 0.15) is 26.2 Å². The summed E-state index contributed by atoms with van der Waals surface area (Å²) in [6, 6.07) is 5.67. The van der Waals surface area contributed by atoms with Crippen LogP contribution < -0.4 is 10.1 Å². The molecule has 0 radical (unpaired) electrons. The number of carbonyl (C=O) groups is 1. The van der Waals surface area contributed by atoms with Crippen molar-refractivity contribution in [1.29, 1.82) is 0 Å². The molecule has 1 saturated heterocycles. The summed E-state index contributed by atoms with van der Waals surface area (Å²) in [7, 11) is 0. The highest BCUT2D eigenvalue weighted by Crippen LogP contribution is 2.13. The van der Waals surface area contributed by atoms with E-state index in [0.29, 0.717) is 12.3 Å². The predicted molar refractivity (Wildman–Crippen MR) is 79.8 cm³/mol. The first-order chi connectivity index (χ1) is 10.1. The van der Waals surface area contributed by atoms with Crippen molar-refractivity contribution in [3.63, 3.8) is 0 Å². The Morgan fingerprint density at radius 3 is 2.67 bits per heavy atom. The summed E-state index contributed by atoms with van der Waals surface area (Å²) in [5.74, 6) is 0.0400. The first kappa shape index (κ1) is 15.8. The number of carbonyl (C=O) groups excluding carboxylic acids is 1. The lowest BCUT2D eigenvalue weighted by atomic mass is 10.3. The van der Waals surface area contributed by atoms with E-state index in [2.05, 4.69) is 10.2 Å². The van der Waals surface area contributed by atoms with Crippen LogP contribution in [-0.4, -0.2) is 43.1 Å². The molecule has 0 aromatic heterocycles.